The summed E-state index contributed by atoms with van der Waals surface area (Å²) in [5, 5.41) is 9.72. The third-order valence-electron chi connectivity index (χ3n) is 5.89. The molecule has 7 N–H and O–H groups in total. The van der Waals surface area contributed by atoms with Gasteiger partial charge in [-0.05, 0) is 53.1 Å². The molecule has 38 heavy (non-hydrogen) atoms. The lowest BCUT2D eigenvalue weighted by molar-refractivity contribution is -0.119. The number of ether oxygens (including phenoxy) is 1. The Hall–Kier alpha value is -4.05. The fraction of sp³-hybridized carbons (Fsp3) is 0.393. The number of fused-ring (bicyclic) bond motifs is 1. The highest BCUT2D eigenvalue weighted by Gasteiger charge is 2.25. The van der Waals surface area contributed by atoms with Crippen LogP contribution >= 0.6 is 0 Å². The van der Waals surface area contributed by atoms with Crippen LogP contribution in [0.25, 0.3) is 0 Å². The van der Waals surface area contributed by atoms with Gasteiger partial charge in [-0.15, -0.1) is 0 Å². The van der Waals surface area contributed by atoms with Crippen molar-refractivity contribution in [2.24, 2.45) is 17.0 Å². The van der Waals surface area contributed by atoms with Crippen LogP contribution in [0.2, 0.25) is 0 Å². The van der Waals surface area contributed by atoms with E-state index >= 15 is 0 Å². The van der Waals surface area contributed by atoms with Gasteiger partial charge >= 0.3 is 0 Å². The number of carbonyl (C=O) groups is 3. The van der Waals surface area contributed by atoms with Crippen molar-refractivity contribution < 1.29 is 19.1 Å². The highest BCUT2D eigenvalue weighted by Crippen LogP contribution is 2.40. The van der Waals surface area contributed by atoms with Crippen molar-refractivity contribution >= 4 is 34.8 Å². The van der Waals surface area contributed by atoms with E-state index < -0.39 is 11.8 Å². The number of amides is 3. The summed E-state index contributed by atoms with van der Waals surface area (Å²) < 4.78 is 5.64. The first kappa shape index (κ1) is 28.5. The van der Waals surface area contributed by atoms with Crippen molar-refractivity contribution in [3.63, 3.8) is 0 Å². The van der Waals surface area contributed by atoms with Crippen molar-refractivity contribution in [1.82, 2.24) is 5.32 Å². The lowest BCUT2D eigenvalue weighted by Gasteiger charge is -2.26. The minimum Gasteiger partial charge on any atom is -0.479 e. The lowest BCUT2D eigenvalue weighted by atomic mass is 9.86. The molecule has 0 fully saturated rings. The van der Waals surface area contributed by atoms with Crippen LogP contribution in [0, 0.1) is 12.3 Å². The molecule has 3 amide bonds. The Balaban J connectivity index is 1.87. The van der Waals surface area contributed by atoms with Crippen LogP contribution in [-0.2, 0) is 15.0 Å². The van der Waals surface area contributed by atoms with Crippen molar-refractivity contribution in [3.05, 3.63) is 58.9 Å². The predicted octanol–water partition coefficient (Wildman–Crippen LogP) is 3.52. The highest BCUT2D eigenvalue weighted by atomic mass is 16.5. The van der Waals surface area contributed by atoms with E-state index in [1.165, 1.54) is 11.2 Å². The summed E-state index contributed by atoms with van der Waals surface area (Å²) in [6, 6.07) is 8.74. The van der Waals surface area contributed by atoms with E-state index in [4.69, 9.17) is 16.3 Å². The number of rotatable bonds is 6. The molecule has 1 aliphatic rings. The summed E-state index contributed by atoms with van der Waals surface area (Å²) in [5.41, 5.74) is 9.05. The average molecular weight is 523 g/mol. The largest absolute Gasteiger partial charge is 0.479 e. The van der Waals surface area contributed by atoms with Crippen molar-refractivity contribution in [1.29, 1.82) is 0 Å². The first-order valence-electron chi connectivity index (χ1n) is 12.4. The molecule has 0 saturated carbocycles. The fourth-order valence-electron chi connectivity index (χ4n) is 3.68. The molecule has 3 rings (SSSR count). The molecule has 204 valence electrons. The molecule has 2 aromatic carbocycles. The number of nitrogens with two attached hydrogens (primary N) is 2. The summed E-state index contributed by atoms with van der Waals surface area (Å²) in [6.07, 6.45) is 1.32. The molecule has 1 aliphatic heterocycles. The zero-order valence-corrected chi connectivity index (χ0v) is 23.1. The standard InChI is InChI=1S/C28H38N6O4/c1-16-8-9-17(10-22(16)34(30)13-19(29)26(37)31-15-27(2,3)4)25(36)33-21-12-18(28(5,6)7)11-20-24(21)38-14-23(35)32-20/h8-13H,14-15,29-30H2,1-7H3,(H,31,37)(H,32,35)(H,33,36)/b19-13-. The van der Waals surface area contributed by atoms with E-state index in [0.717, 1.165) is 11.1 Å². The highest BCUT2D eigenvalue weighted by molar-refractivity contribution is 6.07. The van der Waals surface area contributed by atoms with E-state index in [2.05, 4.69) is 16.0 Å². The number of benzene rings is 2. The van der Waals surface area contributed by atoms with E-state index in [1.54, 1.807) is 18.2 Å². The van der Waals surface area contributed by atoms with Crippen LogP contribution in [0.4, 0.5) is 17.1 Å². The van der Waals surface area contributed by atoms with Crippen LogP contribution in [0.3, 0.4) is 0 Å². The second-order valence-corrected chi connectivity index (χ2v) is 11.7. The van der Waals surface area contributed by atoms with E-state index in [9.17, 15) is 14.4 Å². The van der Waals surface area contributed by atoms with Crippen molar-refractivity contribution in [2.75, 3.05) is 28.8 Å². The Bertz CT molecular complexity index is 1290. The van der Waals surface area contributed by atoms with Gasteiger partial charge in [-0.2, -0.15) is 0 Å². The fourth-order valence-corrected chi connectivity index (χ4v) is 3.68. The summed E-state index contributed by atoms with van der Waals surface area (Å²) in [5.74, 6) is 5.53. The van der Waals surface area contributed by atoms with Crippen LogP contribution in [0.15, 0.2) is 42.2 Å². The molecule has 0 bridgehead atoms. The number of carbonyl (C=O) groups excluding carboxylic acids is 3. The zero-order chi connectivity index (χ0) is 28.4. The van der Waals surface area contributed by atoms with Gasteiger partial charge in [-0.1, -0.05) is 47.6 Å². The molecule has 0 atom stereocenters. The topological polar surface area (TPSA) is 152 Å². The van der Waals surface area contributed by atoms with Gasteiger partial charge < -0.3 is 26.4 Å². The molecule has 0 aliphatic carbocycles. The van der Waals surface area contributed by atoms with Gasteiger partial charge in [-0.3, -0.25) is 19.4 Å². The average Bonchev–Trinajstić information content (AvgIpc) is 2.81. The number of hydrogen-bond acceptors (Lipinski definition) is 7. The molecule has 0 unspecified atom stereocenters. The molecule has 0 spiro atoms. The molecular weight excluding hydrogens is 484 g/mol. The predicted molar refractivity (Wildman–Crippen MR) is 150 cm³/mol. The third kappa shape index (κ3) is 7.04. The molecule has 0 radical (unpaired) electrons. The maximum atomic E-state index is 13.3. The van der Waals surface area contributed by atoms with E-state index in [1.807, 2.05) is 60.6 Å². The number of nitrogens with one attached hydrogen (secondary N) is 3. The summed E-state index contributed by atoms with van der Waals surface area (Å²) in [6.45, 7) is 14.3. The monoisotopic (exact) mass is 522 g/mol. The first-order chi connectivity index (χ1) is 17.5. The van der Waals surface area contributed by atoms with E-state index in [0.29, 0.717) is 34.9 Å². The Labute approximate surface area is 223 Å². The Morgan fingerprint density at radius 3 is 2.45 bits per heavy atom. The van der Waals surface area contributed by atoms with Gasteiger partial charge in [-0.25, -0.2) is 5.84 Å². The summed E-state index contributed by atoms with van der Waals surface area (Å²) >= 11 is 0. The maximum Gasteiger partial charge on any atom is 0.268 e. The number of nitrogens with zero attached hydrogens (tertiary/aromatic N) is 1. The molecule has 10 heteroatoms. The molecule has 1 heterocycles. The van der Waals surface area contributed by atoms with Gasteiger partial charge in [0.15, 0.2) is 12.4 Å². The number of hydrogen-bond donors (Lipinski definition) is 5. The maximum absolute atomic E-state index is 13.3. The quantitative estimate of drug-likeness (QED) is 0.221. The van der Waals surface area contributed by atoms with Crippen LogP contribution in [-0.4, -0.2) is 30.9 Å². The van der Waals surface area contributed by atoms with Gasteiger partial charge in [0.2, 0.25) is 0 Å². The van der Waals surface area contributed by atoms with Crippen molar-refractivity contribution in [3.8, 4) is 5.75 Å². The Kier molecular flexibility index (Phi) is 8.06. The number of hydrazine groups is 1. The van der Waals surface area contributed by atoms with Crippen LogP contribution in [0.1, 0.15) is 63.0 Å². The normalized spacial score (nSPS) is 13.7. The Morgan fingerprint density at radius 1 is 1.13 bits per heavy atom. The molecule has 10 nitrogen and oxygen atoms in total. The van der Waals surface area contributed by atoms with Gasteiger partial charge in [0, 0.05) is 18.3 Å². The van der Waals surface area contributed by atoms with Gasteiger partial charge in [0.05, 0.1) is 17.1 Å². The second kappa shape index (κ2) is 10.7. The van der Waals surface area contributed by atoms with E-state index in [-0.39, 0.29) is 29.0 Å². The smallest absolute Gasteiger partial charge is 0.268 e. The molecule has 0 saturated heterocycles. The lowest BCUT2D eigenvalue weighted by Crippen LogP contribution is -2.37. The zero-order valence-electron chi connectivity index (χ0n) is 23.1. The number of anilines is 3. The summed E-state index contributed by atoms with van der Waals surface area (Å²) in [4.78, 5) is 37.6. The van der Waals surface area contributed by atoms with Crippen LogP contribution < -0.4 is 37.3 Å². The number of aryl methyl sites for hydroxylation is 1. The van der Waals surface area contributed by atoms with Gasteiger partial charge in [0.1, 0.15) is 5.70 Å². The SMILES string of the molecule is Cc1ccc(C(=O)Nc2cc(C(C)(C)C)cc3c2OCC(=O)N3)cc1N(N)/C=C(\N)C(=O)NCC(C)(C)C. The Morgan fingerprint density at radius 2 is 1.82 bits per heavy atom. The summed E-state index contributed by atoms with van der Waals surface area (Å²) in [7, 11) is 0. The first-order valence-corrected chi connectivity index (χ1v) is 12.4. The van der Waals surface area contributed by atoms with Crippen molar-refractivity contribution in [2.45, 2.75) is 53.9 Å². The van der Waals surface area contributed by atoms with Gasteiger partial charge in [0.25, 0.3) is 17.7 Å². The molecular formula is C28H38N6O4. The minimum atomic E-state index is -0.433. The van der Waals surface area contributed by atoms with Crippen LogP contribution in [0.5, 0.6) is 5.75 Å². The molecule has 2 aromatic rings. The third-order valence-corrected chi connectivity index (χ3v) is 5.89. The minimum absolute atomic E-state index is 0.0594. The molecule has 0 aromatic heterocycles. The second-order valence-electron chi connectivity index (χ2n) is 11.7.